The first-order chi connectivity index (χ1) is 9.08. The molecule has 2 nitrogen and oxygen atoms in total. The molecule has 0 spiro atoms. The molecular weight excluding hydrogens is 278 g/mol. The molecule has 98 valence electrons. The Kier molecular flexibility index (Phi) is 4.40. The Morgan fingerprint density at radius 1 is 1.26 bits per heavy atom. The number of aryl methyl sites for hydroxylation is 1. The first kappa shape index (κ1) is 13.8. The van der Waals surface area contributed by atoms with Gasteiger partial charge in [-0.1, -0.05) is 48.1 Å². The molecule has 0 amide bonds. The lowest BCUT2D eigenvalue weighted by Crippen LogP contribution is -2.12. The lowest BCUT2D eigenvalue weighted by atomic mass is 10.1. The molecule has 0 aliphatic carbocycles. The second-order valence-corrected chi connectivity index (χ2v) is 5.09. The van der Waals surface area contributed by atoms with Gasteiger partial charge in [0.05, 0.1) is 5.56 Å². The highest BCUT2D eigenvalue weighted by Crippen LogP contribution is 2.23. The summed E-state index contributed by atoms with van der Waals surface area (Å²) >= 11 is 11.1. The summed E-state index contributed by atoms with van der Waals surface area (Å²) in [5, 5.41) is 0.687. The van der Waals surface area contributed by atoms with Crippen LogP contribution in [0.1, 0.15) is 16.7 Å². The molecule has 0 saturated carbocycles. The summed E-state index contributed by atoms with van der Waals surface area (Å²) in [6, 6.07) is 13.3. The molecule has 0 unspecified atom stereocenters. The first-order valence-electron chi connectivity index (χ1n) is 5.84. The molecule has 0 aliphatic heterocycles. The average Bonchev–Trinajstić information content (AvgIpc) is 2.37. The molecule has 4 heteroatoms. The van der Waals surface area contributed by atoms with Crippen LogP contribution in [0.3, 0.4) is 0 Å². The van der Waals surface area contributed by atoms with Crippen molar-refractivity contribution in [3.63, 3.8) is 0 Å². The zero-order valence-corrected chi connectivity index (χ0v) is 12.1. The summed E-state index contributed by atoms with van der Waals surface area (Å²) in [6.45, 7) is 2.38. The fourth-order valence-corrected chi connectivity index (χ4v) is 2.08. The number of thiocarbonyl (C=S) groups is 1. The van der Waals surface area contributed by atoms with Crippen molar-refractivity contribution in [1.29, 1.82) is 0 Å². The molecule has 2 aromatic rings. The summed E-state index contributed by atoms with van der Waals surface area (Å²) in [5.41, 5.74) is 8.45. The van der Waals surface area contributed by atoms with Crippen LogP contribution < -0.4 is 10.5 Å². The Labute approximate surface area is 123 Å². The van der Waals surface area contributed by atoms with Crippen molar-refractivity contribution < 1.29 is 4.74 Å². The summed E-state index contributed by atoms with van der Waals surface area (Å²) in [7, 11) is 0. The van der Waals surface area contributed by atoms with E-state index in [1.54, 1.807) is 0 Å². The van der Waals surface area contributed by atoms with E-state index in [9.17, 15) is 0 Å². The molecule has 2 N–H and O–H groups in total. The first-order valence-corrected chi connectivity index (χ1v) is 6.63. The van der Waals surface area contributed by atoms with Gasteiger partial charge in [0.25, 0.3) is 0 Å². The minimum absolute atomic E-state index is 0.328. The van der Waals surface area contributed by atoms with Crippen molar-refractivity contribution >= 4 is 28.8 Å². The largest absolute Gasteiger partial charge is 0.488 e. The fourth-order valence-electron chi connectivity index (χ4n) is 1.72. The summed E-state index contributed by atoms with van der Waals surface area (Å²) in [4.78, 5) is 0.328. The Hall–Kier alpha value is -1.58. The number of hydrogen-bond donors (Lipinski definition) is 1. The zero-order valence-electron chi connectivity index (χ0n) is 10.5. The lowest BCUT2D eigenvalue weighted by Gasteiger charge is -2.12. The normalized spacial score (nSPS) is 10.2. The summed E-state index contributed by atoms with van der Waals surface area (Å²) in [6.07, 6.45) is 0. The van der Waals surface area contributed by atoms with Gasteiger partial charge in [0.15, 0.2) is 0 Å². The van der Waals surface area contributed by atoms with E-state index >= 15 is 0 Å². The van der Waals surface area contributed by atoms with Crippen LogP contribution in [-0.2, 0) is 6.61 Å². The number of ether oxygens (including phenoxy) is 1. The van der Waals surface area contributed by atoms with Gasteiger partial charge >= 0.3 is 0 Å². The van der Waals surface area contributed by atoms with E-state index < -0.39 is 0 Å². The number of halogens is 1. The summed E-state index contributed by atoms with van der Waals surface area (Å²) < 4.78 is 5.79. The minimum atomic E-state index is 0.328. The predicted octanol–water partition coefficient (Wildman–Crippen LogP) is 3.86. The highest BCUT2D eigenvalue weighted by atomic mass is 35.5. The van der Waals surface area contributed by atoms with Gasteiger partial charge in [0, 0.05) is 10.6 Å². The number of hydrogen-bond acceptors (Lipinski definition) is 2. The summed E-state index contributed by atoms with van der Waals surface area (Å²) in [5.74, 6) is 0.687. The van der Waals surface area contributed by atoms with E-state index in [-0.39, 0.29) is 0 Å². The molecule has 0 atom stereocenters. The SMILES string of the molecule is Cc1ccc(C(N)=S)c(OCc2ccccc2Cl)c1. The van der Waals surface area contributed by atoms with Crippen LogP contribution in [0, 0.1) is 6.92 Å². The van der Waals surface area contributed by atoms with Gasteiger partial charge in [-0.25, -0.2) is 0 Å². The third kappa shape index (κ3) is 3.46. The fraction of sp³-hybridized carbons (Fsp3) is 0.133. The van der Waals surface area contributed by atoms with E-state index in [1.165, 1.54) is 0 Å². The van der Waals surface area contributed by atoms with Gasteiger partial charge in [-0.05, 0) is 30.7 Å². The van der Waals surface area contributed by atoms with E-state index in [4.69, 9.17) is 34.3 Å². The Bertz CT molecular complexity index is 613. The molecule has 2 rings (SSSR count). The van der Waals surface area contributed by atoms with Crippen LogP contribution in [0.25, 0.3) is 0 Å². The van der Waals surface area contributed by atoms with Crippen LogP contribution in [-0.4, -0.2) is 4.99 Å². The zero-order chi connectivity index (χ0) is 13.8. The Morgan fingerprint density at radius 2 is 2.00 bits per heavy atom. The quantitative estimate of drug-likeness (QED) is 0.869. The minimum Gasteiger partial charge on any atom is -0.488 e. The van der Waals surface area contributed by atoms with Gasteiger partial charge in [-0.15, -0.1) is 0 Å². The van der Waals surface area contributed by atoms with Crippen molar-refractivity contribution in [2.75, 3.05) is 0 Å². The highest BCUT2D eigenvalue weighted by Gasteiger charge is 2.08. The maximum Gasteiger partial charge on any atom is 0.130 e. The van der Waals surface area contributed by atoms with Crippen molar-refractivity contribution in [3.05, 3.63) is 64.2 Å². The van der Waals surface area contributed by atoms with Crippen LogP contribution in [0.15, 0.2) is 42.5 Å². The van der Waals surface area contributed by atoms with E-state index in [0.717, 1.165) is 16.7 Å². The third-order valence-electron chi connectivity index (χ3n) is 2.74. The van der Waals surface area contributed by atoms with Crippen molar-refractivity contribution in [3.8, 4) is 5.75 Å². The number of rotatable bonds is 4. The number of benzene rings is 2. The maximum atomic E-state index is 6.09. The topological polar surface area (TPSA) is 35.2 Å². The molecule has 0 saturated heterocycles. The van der Waals surface area contributed by atoms with Crippen LogP contribution >= 0.6 is 23.8 Å². The molecule has 0 bridgehead atoms. The third-order valence-corrected chi connectivity index (χ3v) is 3.33. The molecule has 0 aliphatic rings. The molecule has 2 aromatic carbocycles. The second kappa shape index (κ2) is 6.04. The molecule has 0 radical (unpaired) electrons. The van der Waals surface area contributed by atoms with Gasteiger partial charge in [0.1, 0.15) is 17.3 Å². The van der Waals surface area contributed by atoms with Crippen LogP contribution in [0.4, 0.5) is 0 Å². The second-order valence-electron chi connectivity index (χ2n) is 4.24. The maximum absolute atomic E-state index is 6.09. The molecule has 0 fully saturated rings. The Balaban J connectivity index is 2.22. The van der Waals surface area contributed by atoms with Crippen molar-refractivity contribution in [2.45, 2.75) is 13.5 Å². The van der Waals surface area contributed by atoms with Gasteiger partial charge in [0.2, 0.25) is 0 Å². The van der Waals surface area contributed by atoms with Gasteiger partial charge < -0.3 is 10.5 Å². The highest BCUT2D eigenvalue weighted by molar-refractivity contribution is 7.80. The van der Waals surface area contributed by atoms with Crippen LogP contribution in [0.2, 0.25) is 5.02 Å². The van der Waals surface area contributed by atoms with Gasteiger partial charge in [-0.3, -0.25) is 0 Å². The molecular formula is C15H14ClNOS. The Morgan fingerprint density at radius 3 is 2.68 bits per heavy atom. The smallest absolute Gasteiger partial charge is 0.130 e. The molecule has 0 heterocycles. The predicted molar refractivity (Wildman–Crippen MR) is 82.9 cm³/mol. The number of nitrogens with two attached hydrogens (primary N) is 1. The van der Waals surface area contributed by atoms with E-state index in [2.05, 4.69) is 0 Å². The monoisotopic (exact) mass is 291 g/mol. The standard InChI is InChI=1S/C15H14ClNOS/c1-10-6-7-12(15(17)19)14(8-10)18-9-11-4-2-3-5-13(11)16/h2-8H,9H2,1H3,(H2,17,19). The average molecular weight is 292 g/mol. The van der Waals surface area contributed by atoms with Crippen LogP contribution in [0.5, 0.6) is 5.75 Å². The van der Waals surface area contributed by atoms with E-state index in [0.29, 0.717) is 22.4 Å². The van der Waals surface area contributed by atoms with E-state index in [1.807, 2.05) is 49.4 Å². The van der Waals surface area contributed by atoms with Gasteiger partial charge in [-0.2, -0.15) is 0 Å². The lowest BCUT2D eigenvalue weighted by molar-refractivity contribution is 0.305. The van der Waals surface area contributed by atoms with Crippen molar-refractivity contribution in [1.82, 2.24) is 0 Å². The molecule has 19 heavy (non-hydrogen) atoms. The van der Waals surface area contributed by atoms with Crippen molar-refractivity contribution in [2.24, 2.45) is 5.73 Å². The molecule has 0 aromatic heterocycles.